The third-order valence-corrected chi connectivity index (χ3v) is 3.58. The molecule has 1 aliphatic carbocycles. The fraction of sp³-hybridized carbons (Fsp3) is 0.615. The summed E-state index contributed by atoms with van der Waals surface area (Å²) >= 11 is 0. The maximum atomic E-state index is 11.4. The maximum absolute atomic E-state index is 11.4. The fourth-order valence-corrected chi connectivity index (χ4v) is 2.85. The fourth-order valence-electron chi connectivity index (χ4n) is 2.85. The molecule has 0 bridgehead atoms. The molecule has 3 heteroatoms. The zero-order chi connectivity index (χ0) is 11.7. The lowest BCUT2D eigenvalue weighted by Gasteiger charge is -2.33. The monoisotopic (exact) mass is 220 g/mol. The van der Waals surface area contributed by atoms with E-state index >= 15 is 0 Å². The molecule has 1 heterocycles. The minimum atomic E-state index is 0.0932. The molecule has 3 nitrogen and oxygen atoms in total. The van der Waals surface area contributed by atoms with Crippen LogP contribution in [0.5, 0.6) is 0 Å². The Balaban J connectivity index is 2.42. The summed E-state index contributed by atoms with van der Waals surface area (Å²) < 4.78 is 2.24. The molecule has 1 aromatic rings. The van der Waals surface area contributed by atoms with Crippen LogP contribution in [0.15, 0.2) is 16.9 Å². The highest BCUT2D eigenvalue weighted by molar-refractivity contribution is 5.14. The van der Waals surface area contributed by atoms with E-state index in [0.717, 1.165) is 24.2 Å². The van der Waals surface area contributed by atoms with Gasteiger partial charge in [0.05, 0.1) is 0 Å². The Kier molecular flexibility index (Phi) is 3.15. The smallest absolute Gasteiger partial charge is 0.182 e. The third kappa shape index (κ3) is 2.05. The molecule has 0 aliphatic heterocycles. The van der Waals surface area contributed by atoms with Crippen LogP contribution in [0, 0.1) is 13.8 Å². The van der Waals surface area contributed by atoms with Crippen molar-refractivity contribution in [3.05, 3.63) is 33.7 Å². The molecular weight excluding hydrogens is 200 g/mol. The number of hydrogen-bond acceptors (Lipinski definition) is 2. The average Bonchev–Trinajstić information content (AvgIpc) is 2.19. The summed E-state index contributed by atoms with van der Waals surface area (Å²) in [6, 6.07) is 4.01. The van der Waals surface area contributed by atoms with Crippen LogP contribution in [-0.4, -0.2) is 10.6 Å². The minimum Gasteiger partial charge on any atom is -0.344 e. The van der Waals surface area contributed by atoms with E-state index in [1.807, 2.05) is 13.8 Å². The van der Waals surface area contributed by atoms with Gasteiger partial charge in [0.25, 0.3) is 0 Å². The van der Waals surface area contributed by atoms with Crippen LogP contribution in [0.25, 0.3) is 0 Å². The third-order valence-electron chi connectivity index (χ3n) is 3.58. The molecule has 2 atom stereocenters. The molecule has 1 saturated carbocycles. The van der Waals surface area contributed by atoms with Crippen molar-refractivity contribution in [3.63, 3.8) is 0 Å². The Morgan fingerprint density at radius 1 is 1.19 bits per heavy atom. The lowest BCUT2D eigenvalue weighted by Crippen LogP contribution is -2.37. The number of hydrogen-bond donors (Lipinski definition) is 1. The predicted octanol–water partition coefficient (Wildman–Crippen LogP) is 1.91. The van der Waals surface area contributed by atoms with Gasteiger partial charge in [-0.1, -0.05) is 12.8 Å². The first-order valence-corrected chi connectivity index (χ1v) is 6.05. The van der Waals surface area contributed by atoms with Crippen molar-refractivity contribution in [3.8, 4) is 0 Å². The second-order valence-electron chi connectivity index (χ2n) is 4.86. The van der Waals surface area contributed by atoms with Crippen molar-refractivity contribution in [2.45, 2.75) is 51.6 Å². The van der Waals surface area contributed by atoms with Crippen LogP contribution < -0.4 is 11.2 Å². The SMILES string of the molecule is Cc1cc(=O)cc(C)n1[C@@H]1CCCC[C@H]1N. The molecule has 88 valence electrons. The summed E-state index contributed by atoms with van der Waals surface area (Å²) in [6.07, 6.45) is 4.70. The van der Waals surface area contributed by atoms with Gasteiger partial charge in [-0.05, 0) is 26.7 Å². The Hall–Kier alpha value is -1.09. The van der Waals surface area contributed by atoms with Crippen LogP contribution in [0.4, 0.5) is 0 Å². The highest BCUT2D eigenvalue weighted by atomic mass is 16.1. The van der Waals surface area contributed by atoms with Gasteiger partial charge in [0.2, 0.25) is 0 Å². The van der Waals surface area contributed by atoms with Gasteiger partial charge >= 0.3 is 0 Å². The van der Waals surface area contributed by atoms with Gasteiger partial charge in [0.1, 0.15) is 0 Å². The lowest BCUT2D eigenvalue weighted by molar-refractivity contribution is 0.297. The van der Waals surface area contributed by atoms with Crippen LogP contribution >= 0.6 is 0 Å². The molecule has 0 spiro atoms. The van der Waals surface area contributed by atoms with Gasteiger partial charge in [0, 0.05) is 35.6 Å². The highest BCUT2D eigenvalue weighted by Crippen LogP contribution is 2.29. The number of aromatic nitrogens is 1. The van der Waals surface area contributed by atoms with E-state index in [9.17, 15) is 4.79 Å². The quantitative estimate of drug-likeness (QED) is 0.786. The van der Waals surface area contributed by atoms with Crippen molar-refractivity contribution >= 4 is 0 Å². The molecule has 0 amide bonds. The topological polar surface area (TPSA) is 48.0 Å². The molecule has 1 fully saturated rings. The summed E-state index contributed by atoms with van der Waals surface area (Å²) in [7, 11) is 0. The largest absolute Gasteiger partial charge is 0.344 e. The summed E-state index contributed by atoms with van der Waals surface area (Å²) in [5, 5.41) is 0. The van der Waals surface area contributed by atoms with Crippen molar-refractivity contribution in [2.24, 2.45) is 5.73 Å². The first-order chi connectivity index (χ1) is 7.59. The van der Waals surface area contributed by atoms with E-state index in [-0.39, 0.29) is 11.5 Å². The van der Waals surface area contributed by atoms with Gasteiger partial charge in [0.15, 0.2) is 5.43 Å². The summed E-state index contributed by atoms with van der Waals surface area (Å²) in [4.78, 5) is 11.4. The normalized spacial score (nSPS) is 25.7. The Morgan fingerprint density at radius 2 is 1.75 bits per heavy atom. The van der Waals surface area contributed by atoms with Gasteiger partial charge < -0.3 is 10.3 Å². The van der Waals surface area contributed by atoms with Crippen molar-refractivity contribution in [2.75, 3.05) is 0 Å². The maximum Gasteiger partial charge on any atom is 0.182 e. The molecule has 0 unspecified atom stereocenters. The zero-order valence-corrected chi connectivity index (χ0v) is 10.1. The van der Waals surface area contributed by atoms with Crippen LogP contribution in [0.1, 0.15) is 43.1 Å². The molecule has 0 aromatic carbocycles. The van der Waals surface area contributed by atoms with Crippen molar-refractivity contribution in [1.82, 2.24) is 4.57 Å². The number of nitrogens with two attached hydrogens (primary N) is 1. The molecule has 1 aromatic heterocycles. The van der Waals surface area contributed by atoms with Gasteiger partial charge in [-0.25, -0.2) is 0 Å². The standard InChI is InChI=1S/C13H20N2O/c1-9-7-11(16)8-10(2)15(9)13-6-4-3-5-12(13)14/h7-8,12-13H,3-6,14H2,1-2H3/t12-,13-/m1/s1. The number of nitrogens with zero attached hydrogens (tertiary/aromatic N) is 1. The number of aryl methyl sites for hydroxylation is 2. The molecule has 1 aliphatic rings. The molecule has 16 heavy (non-hydrogen) atoms. The second-order valence-corrected chi connectivity index (χ2v) is 4.86. The summed E-state index contributed by atoms with van der Waals surface area (Å²) in [6.45, 7) is 3.99. The average molecular weight is 220 g/mol. The van der Waals surface area contributed by atoms with Crippen LogP contribution in [0.2, 0.25) is 0 Å². The molecular formula is C13H20N2O. The molecule has 2 rings (SSSR count). The summed E-state index contributed by atoms with van der Waals surface area (Å²) in [5.41, 5.74) is 8.35. The van der Waals surface area contributed by atoms with Crippen molar-refractivity contribution in [1.29, 1.82) is 0 Å². The molecule has 2 N–H and O–H groups in total. The Morgan fingerprint density at radius 3 is 2.31 bits per heavy atom. The van der Waals surface area contributed by atoms with E-state index in [0.29, 0.717) is 6.04 Å². The van der Waals surface area contributed by atoms with E-state index in [1.54, 1.807) is 12.1 Å². The van der Waals surface area contributed by atoms with E-state index in [4.69, 9.17) is 5.73 Å². The molecule has 0 saturated heterocycles. The van der Waals surface area contributed by atoms with Crippen LogP contribution in [-0.2, 0) is 0 Å². The lowest BCUT2D eigenvalue weighted by atomic mass is 9.90. The van der Waals surface area contributed by atoms with Crippen molar-refractivity contribution < 1.29 is 0 Å². The summed E-state index contributed by atoms with van der Waals surface area (Å²) in [5.74, 6) is 0. The molecule has 0 radical (unpaired) electrons. The van der Waals surface area contributed by atoms with Gasteiger partial charge in [-0.2, -0.15) is 0 Å². The predicted molar refractivity (Wildman–Crippen MR) is 65.7 cm³/mol. The first kappa shape index (κ1) is 11.4. The van der Waals surface area contributed by atoms with E-state index < -0.39 is 0 Å². The van der Waals surface area contributed by atoms with E-state index in [2.05, 4.69) is 4.57 Å². The Bertz CT molecular complexity index is 410. The highest BCUT2D eigenvalue weighted by Gasteiger charge is 2.24. The van der Waals surface area contributed by atoms with Crippen LogP contribution in [0.3, 0.4) is 0 Å². The number of rotatable bonds is 1. The Labute approximate surface area is 96.3 Å². The van der Waals surface area contributed by atoms with E-state index in [1.165, 1.54) is 12.8 Å². The van der Waals surface area contributed by atoms with Gasteiger partial charge in [-0.15, -0.1) is 0 Å². The zero-order valence-electron chi connectivity index (χ0n) is 10.1. The second kappa shape index (κ2) is 4.42. The number of pyridine rings is 1. The first-order valence-electron chi connectivity index (χ1n) is 6.05. The van der Waals surface area contributed by atoms with Gasteiger partial charge in [-0.3, -0.25) is 4.79 Å². The minimum absolute atomic E-state index is 0.0932.